The number of nitrogens with zero attached hydrogens (tertiary/aromatic N) is 2. The molecule has 10 heteroatoms. The molecule has 0 unspecified atom stereocenters. The third kappa shape index (κ3) is 6.43. The Labute approximate surface area is 226 Å². The number of carbonyl (C=O) groups is 1. The lowest BCUT2D eigenvalue weighted by Crippen LogP contribution is -2.40. The van der Waals surface area contributed by atoms with Gasteiger partial charge < -0.3 is 4.74 Å². The Hall–Kier alpha value is -4.67. The van der Waals surface area contributed by atoms with E-state index in [9.17, 15) is 23.3 Å². The number of hydrogen-bond acceptors (Lipinski definition) is 7. The van der Waals surface area contributed by atoms with Crippen LogP contribution in [-0.4, -0.2) is 38.2 Å². The molecule has 0 aliphatic heterocycles. The molecule has 39 heavy (non-hydrogen) atoms. The number of nitrogens with one attached hydrogen (secondary N) is 1. The topological polar surface area (TPSA) is 128 Å². The Morgan fingerprint density at radius 3 is 1.82 bits per heavy atom. The first-order valence-electron chi connectivity index (χ1n) is 11.9. The SMILES string of the molecule is COC(=O)[C@@H](N=C(c1ccccc1)c1ccccc1)[C@H](NS(=O)(=O)c1ccccc1[N+](=O)[O-])c1ccccc1. The molecule has 9 nitrogen and oxygen atoms in total. The van der Waals surface area contributed by atoms with Crippen LogP contribution in [0.2, 0.25) is 0 Å². The van der Waals surface area contributed by atoms with Crippen molar-refractivity contribution in [2.45, 2.75) is 17.0 Å². The molecule has 0 spiro atoms. The zero-order valence-corrected chi connectivity index (χ0v) is 21.7. The smallest absolute Gasteiger partial charge is 0.332 e. The van der Waals surface area contributed by atoms with E-state index in [0.29, 0.717) is 22.4 Å². The van der Waals surface area contributed by atoms with Gasteiger partial charge in [0.25, 0.3) is 5.69 Å². The van der Waals surface area contributed by atoms with Gasteiger partial charge in [0.2, 0.25) is 10.0 Å². The van der Waals surface area contributed by atoms with Crippen molar-refractivity contribution < 1.29 is 22.9 Å². The maximum absolute atomic E-state index is 13.6. The molecule has 0 aromatic heterocycles. The molecule has 0 radical (unpaired) electrons. The van der Waals surface area contributed by atoms with Gasteiger partial charge in [0.05, 0.1) is 23.8 Å². The zero-order valence-electron chi connectivity index (χ0n) is 20.9. The average molecular weight is 544 g/mol. The highest BCUT2D eigenvalue weighted by Gasteiger charge is 2.36. The van der Waals surface area contributed by atoms with Crippen LogP contribution < -0.4 is 4.72 Å². The van der Waals surface area contributed by atoms with E-state index in [-0.39, 0.29) is 0 Å². The van der Waals surface area contributed by atoms with Crippen LogP contribution in [0.1, 0.15) is 22.7 Å². The van der Waals surface area contributed by atoms with Crippen LogP contribution in [0, 0.1) is 10.1 Å². The van der Waals surface area contributed by atoms with E-state index in [1.165, 1.54) is 19.2 Å². The number of rotatable bonds is 10. The highest BCUT2D eigenvalue weighted by atomic mass is 32.2. The van der Waals surface area contributed by atoms with Crippen LogP contribution >= 0.6 is 0 Å². The molecule has 1 N–H and O–H groups in total. The van der Waals surface area contributed by atoms with E-state index in [1.807, 2.05) is 60.7 Å². The Morgan fingerprint density at radius 1 is 0.821 bits per heavy atom. The zero-order chi connectivity index (χ0) is 27.8. The number of hydrogen-bond donors (Lipinski definition) is 1. The van der Waals surface area contributed by atoms with Crippen molar-refractivity contribution in [3.05, 3.63) is 142 Å². The second kappa shape index (κ2) is 12.2. The molecule has 2 atom stereocenters. The molecule has 4 aromatic carbocycles. The number of ether oxygens (including phenoxy) is 1. The molecule has 0 saturated carbocycles. The van der Waals surface area contributed by atoms with Crippen LogP contribution in [0.3, 0.4) is 0 Å². The van der Waals surface area contributed by atoms with Crippen molar-refractivity contribution in [3.8, 4) is 0 Å². The fraction of sp³-hybridized carbons (Fsp3) is 0.103. The first-order valence-corrected chi connectivity index (χ1v) is 13.4. The van der Waals surface area contributed by atoms with Gasteiger partial charge >= 0.3 is 5.97 Å². The second-order valence-electron chi connectivity index (χ2n) is 8.41. The van der Waals surface area contributed by atoms with Gasteiger partial charge in [-0.3, -0.25) is 15.1 Å². The average Bonchev–Trinajstić information content (AvgIpc) is 2.98. The fourth-order valence-electron chi connectivity index (χ4n) is 4.07. The van der Waals surface area contributed by atoms with Crippen molar-refractivity contribution in [1.82, 2.24) is 4.72 Å². The van der Waals surface area contributed by atoms with Gasteiger partial charge in [-0.2, -0.15) is 0 Å². The highest BCUT2D eigenvalue weighted by molar-refractivity contribution is 7.89. The van der Waals surface area contributed by atoms with Gasteiger partial charge in [0.1, 0.15) is 0 Å². The number of carbonyl (C=O) groups excluding carboxylic acids is 1. The standard InChI is InChI=1S/C29H25N3O6S/c1-38-29(33)28(30-26(21-13-5-2-6-14-21)22-15-7-3-8-16-22)27(23-17-9-4-10-18-23)31-39(36,37)25-20-12-11-19-24(25)32(34)35/h2-20,27-28,31H,1H3/t27-,28+/m1/s1. The molecule has 0 aliphatic rings. The minimum Gasteiger partial charge on any atom is -0.467 e. The van der Waals surface area contributed by atoms with Gasteiger partial charge in [-0.05, 0) is 11.6 Å². The number of nitro groups is 1. The summed E-state index contributed by atoms with van der Waals surface area (Å²) < 4.78 is 34.7. The molecule has 0 fully saturated rings. The summed E-state index contributed by atoms with van der Waals surface area (Å²) in [6, 6.07) is 29.1. The minimum atomic E-state index is -4.50. The largest absolute Gasteiger partial charge is 0.467 e. The minimum absolute atomic E-state index is 0.416. The lowest BCUT2D eigenvalue weighted by molar-refractivity contribution is -0.387. The Balaban J connectivity index is 1.91. The lowest BCUT2D eigenvalue weighted by Gasteiger charge is -2.25. The number of aliphatic imine (C=N–C) groups is 1. The van der Waals surface area contributed by atoms with Crippen molar-refractivity contribution in [2.24, 2.45) is 4.99 Å². The number of para-hydroxylation sites is 1. The number of benzene rings is 4. The fourth-order valence-corrected chi connectivity index (χ4v) is 5.47. The molecule has 0 amide bonds. The summed E-state index contributed by atoms with van der Waals surface area (Å²) >= 11 is 0. The van der Waals surface area contributed by atoms with Crippen LogP contribution in [0.4, 0.5) is 5.69 Å². The Kier molecular flexibility index (Phi) is 8.60. The normalized spacial score (nSPS) is 12.6. The summed E-state index contributed by atoms with van der Waals surface area (Å²) in [4.78, 5) is 28.3. The van der Waals surface area contributed by atoms with E-state index in [0.717, 1.165) is 12.1 Å². The predicted molar refractivity (Wildman–Crippen MR) is 147 cm³/mol. The lowest BCUT2D eigenvalue weighted by atomic mass is 9.98. The first-order chi connectivity index (χ1) is 18.8. The van der Waals surface area contributed by atoms with Crippen LogP contribution in [0.5, 0.6) is 0 Å². The van der Waals surface area contributed by atoms with Crippen LogP contribution in [0.15, 0.2) is 125 Å². The molecule has 0 aliphatic carbocycles. The summed E-state index contributed by atoms with van der Waals surface area (Å²) in [5.74, 6) is -0.793. The third-order valence-electron chi connectivity index (χ3n) is 5.91. The van der Waals surface area contributed by atoms with E-state index in [4.69, 9.17) is 9.73 Å². The number of methoxy groups -OCH3 is 1. The highest BCUT2D eigenvalue weighted by Crippen LogP contribution is 2.28. The Morgan fingerprint density at radius 2 is 1.31 bits per heavy atom. The van der Waals surface area contributed by atoms with Crippen molar-refractivity contribution in [1.29, 1.82) is 0 Å². The van der Waals surface area contributed by atoms with Crippen molar-refractivity contribution in [3.63, 3.8) is 0 Å². The van der Waals surface area contributed by atoms with E-state index < -0.39 is 43.6 Å². The molecular weight excluding hydrogens is 518 g/mol. The molecule has 198 valence electrons. The molecule has 0 heterocycles. The van der Waals surface area contributed by atoms with Crippen LogP contribution in [-0.2, 0) is 19.6 Å². The van der Waals surface area contributed by atoms with Gasteiger partial charge in [0, 0.05) is 17.2 Å². The van der Waals surface area contributed by atoms with Gasteiger partial charge in [0.15, 0.2) is 10.9 Å². The number of esters is 1. The summed E-state index contributed by atoms with van der Waals surface area (Å²) in [5, 5.41) is 11.6. The van der Waals surface area contributed by atoms with E-state index >= 15 is 0 Å². The van der Waals surface area contributed by atoms with E-state index in [2.05, 4.69) is 4.72 Å². The quantitative estimate of drug-likeness (QED) is 0.134. The summed E-state index contributed by atoms with van der Waals surface area (Å²) in [7, 11) is -3.32. The van der Waals surface area contributed by atoms with E-state index in [1.54, 1.807) is 30.3 Å². The summed E-state index contributed by atoms with van der Waals surface area (Å²) in [6.07, 6.45) is 0. The summed E-state index contributed by atoms with van der Waals surface area (Å²) in [6.45, 7) is 0. The van der Waals surface area contributed by atoms with Crippen molar-refractivity contribution >= 4 is 27.4 Å². The maximum Gasteiger partial charge on any atom is 0.332 e. The van der Waals surface area contributed by atoms with Crippen molar-refractivity contribution in [2.75, 3.05) is 7.11 Å². The number of nitro benzene ring substituents is 1. The Bertz CT molecular complexity index is 1540. The monoisotopic (exact) mass is 543 g/mol. The maximum atomic E-state index is 13.6. The van der Waals surface area contributed by atoms with Gasteiger partial charge in [-0.1, -0.05) is 103 Å². The predicted octanol–water partition coefficient (Wildman–Crippen LogP) is 4.69. The number of sulfonamides is 1. The molecule has 0 saturated heterocycles. The van der Waals surface area contributed by atoms with Gasteiger partial charge in [-0.15, -0.1) is 0 Å². The molecule has 0 bridgehead atoms. The second-order valence-corrected chi connectivity index (χ2v) is 10.1. The molecular formula is C29H25N3O6S. The first kappa shape index (κ1) is 27.4. The third-order valence-corrected chi connectivity index (χ3v) is 7.40. The molecule has 4 rings (SSSR count). The summed E-state index contributed by atoms with van der Waals surface area (Å²) in [5.41, 5.74) is 1.66. The van der Waals surface area contributed by atoms with Gasteiger partial charge in [-0.25, -0.2) is 17.9 Å². The molecule has 4 aromatic rings. The van der Waals surface area contributed by atoms with Crippen LogP contribution in [0.25, 0.3) is 0 Å².